The number of amides is 1. The molecule has 2 N–H and O–H groups in total. The zero-order chi connectivity index (χ0) is 14.7. The quantitative estimate of drug-likeness (QED) is 0.908. The van der Waals surface area contributed by atoms with Crippen molar-refractivity contribution in [3.05, 3.63) is 53.9 Å². The van der Waals surface area contributed by atoms with E-state index in [9.17, 15) is 9.18 Å². The lowest BCUT2D eigenvalue weighted by Crippen LogP contribution is -2.19. The predicted molar refractivity (Wildman–Crippen MR) is 76.4 cm³/mol. The van der Waals surface area contributed by atoms with Crippen LogP contribution in [0.25, 0.3) is 0 Å². The first-order chi connectivity index (χ1) is 10.2. The Balaban J connectivity index is 1.78. The lowest BCUT2D eigenvalue weighted by Gasteiger charge is -2.10. The van der Waals surface area contributed by atoms with Crippen LogP contribution in [-0.2, 0) is 0 Å². The molecule has 1 aliphatic heterocycles. The Hall–Kier alpha value is -2.34. The highest BCUT2D eigenvalue weighted by Gasteiger charge is 2.19. The Bertz CT molecular complexity index is 656. The van der Waals surface area contributed by atoms with Gasteiger partial charge in [-0.25, -0.2) is 9.37 Å². The Labute approximate surface area is 121 Å². The van der Waals surface area contributed by atoms with Crippen LogP contribution in [0.15, 0.2) is 36.7 Å². The van der Waals surface area contributed by atoms with Crippen molar-refractivity contribution in [2.24, 2.45) is 0 Å². The summed E-state index contributed by atoms with van der Waals surface area (Å²) in [4.78, 5) is 20.5. The molecule has 1 fully saturated rings. The van der Waals surface area contributed by atoms with Crippen LogP contribution >= 0.6 is 0 Å². The molecule has 1 unspecified atom stereocenters. The van der Waals surface area contributed by atoms with Crippen LogP contribution in [0.5, 0.6) is 0 Å². The van der Waals surface area contributed by atoms with Crippen molar-refractivity contribution in [1.82, 2.24) is 15.3 Å². The van der Waals surface area contributed by atoms with Gasteiger partial charge in [0.25, 0.3) is 5.91 Å². The fraction of sp³-hybridized carbons (Fsp3) is 0.267. The molecule has 0 saturated carbocycles. The summed E-state index contributed by atoms with van der Waals surface area (Å²) in [5.41, 5.74) is 1.06. The maximum Gasteiger partial charge on any atom is 0.275 e. The van der Waals surface area contributed by atoms with Gasteiger partial charge < -0.3 is 10.6 Å². The third kappa shape index (κ3) is 3.05. The van der Waals surface area contributed by atoms with Crippen LogP contribution in [0.2, 0.25) is 0 Å². The molecule has 5 nitrogen and oxygen atoms in total. The van der Waals surface area contributed by atoms with Gasteiger partial charge >= 0.3 is 0 Å². The average molecular weight is 286 g/mol. The number of hydrogen-bond donors (Lipinski definition) is 2. The van der Waals surface area contributed by atoms with E-state index in [0.29, 0.717) is 0 Å². The molecule has 6 heteroatoms. The number of para-hydroxylation sites is 1. The van der Waals surface area contributed by atoms with Gasteiger partial charge in [0, 0.05) is 0 Å². The second-order valence-electron chi connectivity index (χ2n) is 4.91. The summed E-state index contributed by atoms with van der Waals surface area (Å²) >= 11 is 0. The molecule has 1 aliphatic rings. The smallest absolute Gasteiger partial charge is 0.275 e. The minimum absolute atomic E-state index is 0.133. The number of hydrogen-bond acceptors (Lipinski definition) is 4. The van der Waals surface area contributed by atoms with Crippen LogP contribution in [0.3, 0.4) is 0 Å². The molecule has 2 aromatic rings. The summed E-state index contributed by atoms with van der Waals surface area (Å²) in [7, 11) is 0. The van der Waals surface area contributed by atoms with Crippen LogP contribution < -0.4 is 10.6 Å². The number of aromatic nitrogens is 2. The molecular weight excluding hydrogens is 271 g/mol. The summed E-state index contributed by atoms with van der Waals surface area (Å²) in [5.74, 6) is -0.945. The third-order valence-corrected chi connectivity index (χ3v) is 3.43. The highest BCUT2D eigenvalue weighted by Crippen LogP contribution is 2.21. The van der Waals surface area contributed by atoms with Crippen molar-refractivity contribution in [2.45, 2.75) is 18.9 Å². The fourth-order valence-corrected chi connectivity index (χ4v) is 2.34. The van der Waals surface area contributed by atoms with E-state index < -0.39 is 11.7 Å². The van der Waals surface area contributed by atoms with Crippen molar-refractivity contribution in [2.75, 3.05) is 11.9 Å². The molecule has 1 amide bonds. The fourth-order valence-electron chi connectivity index (χ4n) is 2.34. The summed E-state index contributed by atoms with van der Waals surface area (Å²) < 4.78 is 13.5. The van der Waals surface area contributed by atoms with E-state index in [1.165, 1.54) is 18.3 Å². The highest BCUT2D eigenvalue weighted by molar-refractivity contribution is 6.02. The number of rotatable bonds is 3. The van der Waals surface area contributed by atoms with E-state index in [2.05, 4.69) is 20.6 Å². The van der Waals surface area contributed by atoms with E-state index in [-0.39, 0.29) is 17.4 Å². The molecule has 1 atom stereocenters. The van der Waals surface area contributed by atoms with Gasteiger partial charge in [0.2, 0.25) is 0 Å². The van der Waals surface area contributed by atoms with E-state index in [4.69, 9.17) is 0 Å². The number of anilines is 1. The molecule has 3 rings (SSSR count). The van der Waals surface area contributed by atoms with Gasteiger partial charge in [0.05, 0.1) is 29.8 Å². The van der Waals surface area contributed by atoms with Crippen molar-refractivity contribution < 1.29 is 9.18 Å². The van der Waals surface area contributed by atoms with Crippen LogP contribution in [0.1, 0.15) is 35.1 Å². The molecule has 0 spiro atoms. The van der Waals surface area contributed by atoms with Crippen LogP contribution in [0, 0.1) is 5.82 Å². The Morgan fingerprint density at radius 1 is 1.33 bits per heavy atom. The van der Waals surface area contributed by atoms with Gasteiger partial charge in [-0.15, -0.1) is 0 Å². The molecule has 0 bridgehead atoms. The Morgan fingerprint density at radius 2 is 2.19 bits per heavy atom. The maximum absolute atomic E-state index is 13.5. The van der Waals surface area contributed by atoms with Gasteiger partial charge in [-0.3, -0.25) is 9.78 Å². The molecule has 21 heavy (non-hydrogen) atoms. The van der Waals surface area contributed by atoms with Crippen LogP contribution in [-0.4, -0.2) is 22.4 Å². The normalized spacial score (nSPS) is 17.7. The first-order valence-electron chi connectivity index (χ1n) is 6.85. The highest BCUT2D eigenvalue weighted by atomic mass is 19.1. The van der Waals surface area contributed by atoms with Crippen molar-refractivity contribution in [3.8, 4) is 0 Å². The SMILES string of the molecule is O=C(Nc1ccccc1F)c1cncc(C2CCCN2)n1. The first-order valence-corrected chi connectivity index (χ1v) is 6.85. The average Bonchev–Trinajstić information content (AvgIpc) is 3.04. The summed E-state index contributed by atoms with van der Waals surface area (Å²) in [6, 6.07) is 6.16. The third-order valence-electron chi connectivity index (χ3n) is 3.43. The summed E-state index contributed by atoms with van der Waals surface area (Å²) in [6.45, 7) is 0.942. The molecule has 1 aromatic carbocycles. The number of benzene rings is 1. The first kappa shape index (κ1) is 13.6. The molecule has 0 radical (unpaired) electrons. The Kier molecular flexibility index (Phi) is 3.87. The minimum atomic E-state index is -0.479. The van der Waals surface area contributed by atoms with Gasteiger partial charge in [-0.05, 0) is 31.5 Å². The Morgan fingerprint density at radius 3 is 2.95 bits per heavy atom. The lowest BCUT2D eigenvalue weighted by atomic mass is 10.1. The summed E-state index contributed by atoms with van der Waals surface area (Å²) in [6.07, 6.45) is 5.10. The van der Waals surface area contributed by atoms with E-state index in [1.54, 1.807) is 18.3 Å². The topological polar surface area (TPSA) is 66.9 Å². The lowest BCUT2D eigenvalue weighted by molar-refractivity contribution is 0.102. The molecular formula is C15H15FN4O. The van der Waals surface area contributed by atoms with Crippen LogP contribution in [0.4, 0.5) is 10.1 Å². The van der Waals surface area contributed by atoms with Gasteiger partial charge in [-0.1, -0.05) is 12.1 Å². The summed E-state index contributed by atoms with van der Waals surface area (Å²) in [5, 5.41) is 5.81. The van der Waals surface area contributed by atoms with Crippen molar-refractivity contribution >= 4 is 11.6 Å². The van der Waals surface area contributed by atoms with Gasteiger partial charge in [0.1, 0.15) is 11.5 Å². The van der Waals surface area contributed by atoms with E-state index in [0.717, 1.165) is 25.1 Å². The van der Waals surface area contributed by atoms with E-state index >= 15 is 0 Å². The molecule has 0 aliphatic carbocycles. The largest absolute Gasteiger partial charge is 0.318 e. The monoisotopic (exact) mass is 286 g/mol. The maximum atomic E-state index is 13.5. The molecule has 2 heterocycles. The van der Waals surface area contributed by atoms with E-state index in [1.807, 2.05) is 0 Å². The molecule has 108 valence electrons. The molecule has 1 saturated heterocycles. The minimum Gasteiger partial charge on any atom is -0.318 e. The predicted octanol–water partition coefficient (Wildman–Crippen LogP) is 2.29. The van der Waals surface area contributed by atoms with Gasteiger partial charge in [-0.2, -0.15) is 0 Å². The number of nitrogens with one attached hydrogen (secondary N) is 2. The van der Waals surface area contributed by atoms with Gasteiger partial charge in [0.15, 0.2) is 0 Å². The number of carbonyl (C=O) groups excluding carboxylic acids is 1. The standard InChI is InChI=1S/C15H15FN4O/c16-10-4-1-2-5-11(10)20-15(21)14-9-17-8-13(19-14)12-6-3-7-18-12/h1-2,4-5,8-9,12,18H,3,6-7H2,(H,20,21). The number of carbonyl (C=O) groups is 1. The number of nitrogens with zero attached hydrogens (tertiary/aromatic N) is 2. The second kappa shape index (κ2) is 5.97. The molecule has 1 aromatic heterocycles. The number of halogens is 1. The van der Waals surface area contributed by atoms with Crippen molar-refractivity contribution in [3.63, 3.8) is 0 Å². The zero-order valence-electron chi connectivity index (χ0n) is 11.3. The zero-order valence-corrected chi connectivity index (χ0v) is 11.3. The van der Waals surface area contributed by atoms with Crippen molar-refractivity contribution in [1.29, 1.82) is 0 Å². The second-order valence-corrected chi connectivity index (χ2v) is 4.91.